The van der Waals surface area contributed by atoms with Crippen LogP contribution in [0.4, 0.5) is 4.39 Å². The molecule has 0 saturated carbocycles. The van der Waals surface area contributed by atoms with Crippen molar-refractivity contribution in [1.29, 1.82) is 0 Å². The summed E-state index contributed by atoms with van der Waals surface area (Å²) >= 11 is 0. The van der Waals surface area contributed by atoms with E-state index in [-0.39, 0.29) is 30.0 Å². The van der Waals surface area contributed by atoms with E-state index in [2.05, 4.69) is 5.32 Å². The van der Waals surface area contributed by atoms with Crippen LogP contribution in [0.5, 0.6) is 0 Å². The van der Waals surface area contributed by atoms with Crippen molar-refractivity contribution in [2.75, 3.05) is 0 Å². The summed E-state index contributed by atoms with van der Waals surface area (Å²) in [5, 5.41) is 11.6. The summed E-state index contributed by atoms with van der Waals surface area (Å²) in [6.45, 7) is 5.62. The Morgan fingerprint density at radius 2 is 1.80 bits per heavy atom. The largest absolute Gasteiger partial charge is 0.481 e. The highest BCUT2D eigenvalue weighted by Crippen LogP contribution is 2.22. The van der Waals surface area contributed by atoms with E-state index in [0.29, 0.717) is 5.56 Å². The molecule has 0 heterocycles. The van der Waals surface area contributed by atoms with Gasteiger partial charge in [0.2, 0.25) is 5.91 Å². The van der Waals surface area contributed by atoms with Gasteiger partial charge in [0, 0.05) is 6.04 Å². The Kier molecular flexibility index (Phi) is 5.25. The number of hydrogen-bond acceptors (Lipinski definition) is 2. The Labute approximate surface area is 118 Å². The normalized spacial score (nSPS) is 12.8. The van der Waals surface area contributed by atoms with Gasteiger partial charge in [-0.15, -0.1) is 0 Å². The van der Waals surface area contributed by atoms with Crippen molar-refractivity contribution >= 4 is 11.9 Å². The van der Waals surface area contributed by atoms with Gasteiger partial charge in [0.05, 0.1) is 12.8 Å². The van der Waals surface area contributed by atoms with E-state index in [9.17, 15) is 14.0 Å². The molecule has 1 amide bonds. The molecule has 1 rings (SSSR count). The van der Waals surface area contributed by atoms with Gasteiger partial charge in [-0.05, 0) is 23.1 Å². The molecule has 110 valence electrons. The average Bonchev–Trinajstić information content (AvgIpc) is 2.29. The zero-order chi connectivity index (χ0) is 15.3. The van der Waals surface area contributed by atoms with Crippen molar-refractivity contribution in [3.63, 3.8) is 0 Å². The van der Waals surface area contributed by atoms with E-state index in [4.69, 9.17) is 5.11 Å². The fourth-order valence-electron chi connectivity index (χ4n) is 1.78. The Balaban J connectivity index is 2.66. The molecule has 0 aliphatic carbocycles. The monoisotopic (exact) mass is 281 g/mol. The van der Waals surface area contributed by atoms with E-state index < -0.39 is 12.0 Å². The molecule has 4 nitrogen and oxygen atoms in total. The van der Waals surface area contributed by atoms with Crippen molar-refractivity contribution in [2.24, 2.45) is 5.41 Å². The molecule has 0 radical (unpaired) electrons. The lowest BCUT2D eigenvalue weighted by atomic mass is 9.84. The van der Waals surface area contributed by atoms with Crippen molar-refractivity contribution < 1.29 is 19.1 Å². The molecule has 5 heteroatoms. The van der Waals surface area contributed by atoms with Gasteiger partial charge in [0.25, 0.3) is 0 Å². The molecule has 0 spiro atoms. The number of hydrogen-bond donors (Lipinski definition) is 2. The van der Waals surface area contributed by atoms with Gasteiger partial charge >= 0.3 is 5.97 Å². The van der Waals surface area contributed by atoms with Crippen LogP contribution < -0.4 is 5.32 Å². The molecular weight excluding hydrogens is 261 g/mol. The molecule has 0 bridgehead atoms. The number of benzene rings is 1. The van der Waals surface area contributed by atoms with Crippen LogP contribution in [0.3, 0.4) is 0 Å². The quantitative estimate of drug-likeness (QED) is 0.870. The molecule has 0 aliphatic heterocycles. The van der Waals surface area contributed by atoms with Crippen LogP contribution in [-0.4, -0.2) is 23.0 Å². The van der Waals surface area contributed by atoms with Gasteiger partial charge in [-0.1, -0.05) is 32.9 Å². The first-order valence-corrected chi connectivity index (χ1v) is 6.44. The molecule has 1 atom stereocenters. The summed E-state index contributed by atoms with van der Waals surface area (Å²) < 4.78 is 12.8. The minimum absolute atomic E-state index is 0.104. The third-order valence-corrected chi connectivity index (χ3v) is 3.04. The fourth-order valence-corrected chi connectivity index (χ4v) is 1.78. The summed E-state index contributed by atoms with van der Waals surface area (Å²) in [6.07, 6.45) is -0.0227. The summed E-state index contributed by atoms with van der Waals surface area (Å²) in [6, 6.07) is 5.21. The number of aliphatic carboxylic acids is 1. The maximum atomic E-state index is 12.8. The molecule has 20 heavy (non-hydrogen) atoms. The molecular formula is C15H20FNO3. The van der Waals surface area contributed by atoms with Gasteiger partial charge in [0.15, 0.2) is 0 Å². The highest BCUT2D eigenvalue weighted by atomic mass is 19.1. The van der Waals surface area contributed by atoms with E-state index in [1.165, 1.54) is 24.3 Å². The van der Waals surface area contributed by atoms with Crippen LogP contribution in [0.2, 0.25) is 0 Å². The van der Waals surface area contributed by atoms with Crippen LogP contribution in [0.15, 0.2) is 24.3 Å². The maximum absolute atomic E-state index is 12.8. The average molecular weight is 281 g/mol. The number of nitrogens with one attached hydrogen (secondary N) is 1. The van der Waals surface area contributed by atoms with Crippen molar-refractivity contribution in [3.05, 3.63) is 35.6 Å². The van der Waals surface area contributed by atoms with Gasteiger partial charge in [-0.2, -0.15) is 0 Å². The number of carboxylic acid groups (broad SMARTS) is 1. The first-order chi connectivity index (χ1) is 9.18. The van der Waals surface area contributed by atoms with Gasteiger partial charge in [0.1, 0.15) is 5.82 Å². The SMILES string of the molecule is CC(C)(C)C(CC(=O)O)NC(=O)Cc1ccc(F)cc1. The van der Waals surface area contributed by atoms with Crippen molar-refractivity contribution in [2.45, 2.75) is 39.7 Å². The zero-order valence-electron chi connectivity index (χ0n) is 11.9. The van der Waals surface area contributed by atoms with E-state index >= 15 is 0 Å². The van der Waals surface area contributed by atoms with Crippen LogP contribution in [-0.2, 0) is 16.0 Å². The Morgan fingerprint density at radius 1 is 1.25 bits per heavy atom. The Hall–Kier alpha value is -1.91. The van der Waals surface area contributed by atoms with Crippen LogP contribution in [0.25, 0.3) is 0 Å². The van der Waals surface area contributed by atoms with Crippen molar-refractivity contribution in [1.82, 2.24) is 5.32 Å². The lowest BCUT2D eigenvalue weighted by Crippen LogP contribution is -2.45. The number of carboxylic acids is 1. The minimum atomic E-state index is -0.952. The number of carbonyl (C=O) groups excluding carboxylic acids is 1. The van der Waals surface area contributed by atoms with Crippen LogP contribution in [0, 0.1) is 11.2 Å². The molecule has 2 N–H and O–H groups in total. The van der Waals surface area contributed by atoms with Gasteiger partial charge in [-0.25, -0.2) is 4.39 Å². The van der Waals surface area contributed by atoms with Crippen LogP contribution in [0.1, 0.15) is 32.8 Å². The zero-order valence-corrected chi connectivity index (χ0v) is 11.9. The molecule has 0 aromatic heterocycles. The number of halogens is 1. The summed E-state index contributed by atoms with van der Waals surface area (Å²) in [5.41, 5.74) is 0.337. The molecule has 1 unspecified atom stereocenters. The number of rotatable bonds is 5. The molecule has 1 aromatic rings. The summed E-state index contributed by atoms with van der Waals surface area (Å²) in [7, 11) is 0. The van der Waals surface area contributed by atoms with Crippen LogP contribution >= 0.6 is 0 Å². The predicted molar refractivity (Wildman–Crippen MR) is 73.7 cm³/mol. The standard InChI is InChI=1S/C15H20FNO3/c1-15(2,3)12(9-14(19)20)17-13(18)8-10-4-6-11(16)7-5-10/h4-7,12H,8-9H2,1-3H3,(H,17,18)(H,19,20). The smallest absolute Gasteiger partial charge is 0.305 e. The Bertz CT molecular complexity index is 477. The third kappa shape index (κ3) is 5.38. The second-order valence-electron chi connectivity index (χ2n) is 5.89. The lowest BCUT2D eigenvalue weighted by molar-refractivity contribution is -0.138. The number of amides is 1. The molecule has 0 aliphatic rings. The second kappa shape index (κ2) is 6.50. The Morgan fingerprint density at radius 3 is 2.25 bits per heavy atom. The highest BCUT2D eigenvalue weighted by Gasteiger charge is 2.28. The lowest BCUT2D eigenvalue weighted by Gasteiger charge is -2.30. The first kappa shape index (κ1) is 16.1. The number of carbonyl (C=O) groups is 2. The van der Waals surface area contributed by atoms with E-state index in [0.717, 1.165) is 0 Å². The fraction of sp³-hybridized carbons (Fsp3) is 0.467. The molecule has 0 fully saturated rings. The second-order valence-corrected chi connectivity index (χ2v) is 5.89. The van der Waals surface area contributed by atoms with E-state index in [1.54, 1.807) is 0 Å². The van der Waals surface area contributed by atoms with Gasteiger partial charge in [-0.3, -0.25) is 9.59 Å². The van der Waals surface area contributed by atoms with E-state index in [1.807, 2.05) is 20.8 Å². The predicted octanol–water partition coefficient (Wildman–Crippen LogP) is 2.37. The van der Waals surface area contributed by atoms with Crippen molar-refractivity contribution in [3.8, 4) is 0 Å². The molecule has 1 aromatic carbocycles. The summed E-state index contributed by atoms with van der Waals surface area (Å²) in [5.74, 6) is -1.57. The topological polar surface area (TPSA) is 66.4 Å². The maximum Gasteiger partial charge on any atom is 0.305 e. The minimum Gasteiger partial charge on any atom is -0.481 e. The summed E-state index contributed by atoms with van der Waals surface area (Å²) in [4.78, 5) is 22.8. The van der Waals surface area contributed by atoms with Gasteiger partial charge < -0.3 is 10.4 Å². The first-order valence-electron chi connectivity index (χ1n) is 6.44. The third-order valence-electron chi connectivity index (χ3n) is 3.04. The molecule has 0 saturated heterocycles. The highest BCUT2D eigenvalue weighted by molar-refractivity contribution is 5.79.